The van der Waals surface area contributed by atoms with Gasteiger partial charge in [0.05, 0.1) is 35.2 Å². The Hall–Kier alpha value is -5.04. The number of nitrogens with one attached hydrogen (secondary N) is 3. The number of sulfonamides is 1. The fourth-order valence-electron chi connectivity index (χ4n) is 8.42. The molecule has 2 aliphatic carbocycles. The van der Waals surface area contributed by atoms with E-state index < -0.39 is 85.6 Å². The third-order valence-electron chi connectivity index (χ3n) is 13.4. The normalized spacial score (nSPS) is 22.4. The van der Waals surface area contributed by atoms with E-state index in [9.17, 15) is 35.6 Å². The number of benzene rings is 2. The number of aromatic nitrogens is 2. The number of fused-ring (bicyclic) bond motifs is 1. The van der Waals surface area contributed by atoms with E-state index in [-0.39, 0.29) is 36.9 Å². The second-order valence-corrected chi connectivity index (χ2v) is 21.7. The number of thiazole rings is 1. The second kappa shape index (κ2) is 17.6. The van der Waals surface area contributed by atoms with Gasteiger partial charge in [0, 0.05) is 34.5 Å². The molecule has 352 valence electrons. The number of aryl methyl sites for hydroxylation is 1. The molecule has 19 heteroatoms. The number of halogens is 4. The molecular formula is C46H56F4N6O7S2. The maximum Gasteiger partial charge on any atom is 0.416 e. The van der Waals surface area contributed by atoms with E-state index in [1.807, 2.05) is 46.9 Å². The first-order valence-corrected chi connectivity index (χ1v) is 24.2. The van der Waals surface area contributed by atoms with Gasteiger partial charge in [-0.15, -0.1) is 11.3 Å². The van der Waals surface area contributed by atoms with Gasteiger partial charge in [0.2, 0.25) is 21.8 Å². The zero-order valence-corrected chi connectivity index (χ0v) is 39.5. The summed E-state index contributed by atoms with van der Waals surface area (Å²) in [6.45, 7) is 14.5. The predicted octanol–water partition coefficient (Wildman–Crippen LogP) is 8.36. The van der Waals surface area contributed by atoms with Gasteiger partial charge in [-0.3, -0.25) is 19.1 Å². The van der Waals surface area contributed by atoms with Crippen LogP contribution < -0.4 is 24.8 Å². The summed E-state index contributed by atoms with van der Waals surface area (Å²) in [4.78, 5) is 54.8. The van der Waals surface area contributed by atoms with Crippen LogP contribution in [0.25, 0.3) is 21.6 Å². The van der Waals surface area contributed by atoms with Gasteiger partial charge in [0.25, 0.3) is 5.91 Å². The van der Waals surface area contributed by atoms with E-state index >= 15 is 4.79 Å². The van der Waals surface area contributed by atoms with Crippen LogP contribution in [0.1, 0.15) is 103 Å². The Morgan fingerprint density at radius 1 is 1.03 bits per heavy atom. The number of hydrogen-bond acceptors (Lipinski definition) is 11. The lowest BCUT2D eigenvalue weighted by Crippen LogP contribution is -2.58. The molecular weight excluding hydrogens is 889 g/mol. The fraction of sp³-hybridized carbons (Fsp3) is 0.543. The quantitative estimate of drug-likeness (QED) is 0.0929. The number of carbonyl (C=O) groups excluding carboxylic acids is 3. The molecule has 13 nitrogen and oxygen atoms in total. The van der Waals surface area contributed by atoms with Crippen molar-refractivity contribution in [3.05, 3.63) is 64.4 Å². The largest absolute Gasteiger partial charge is 0.496 e. The number of ether oxygens (including phenoxy) is 2. The predicted molar refractivity (Wildman–Crippen MR) is 240 cm³/mol. The lowest BCUT2D eigenvalue weighted by atomic mass is 9.89. The zero-order valence-electron chi connectivity index (χ0n) is 37.9. The monoisotopic (exact) mass is 944 g/mol. The van der Waals surface area contributed by atoms with Crippen LogP contribution >= 0.6 is 11.3 Å². The lowest BCUT2D eigenvalue weighted by Gasteiger charge is -2.34. The van der Waals surface area contributed by atoms with Crippen LogP contribution in [-0.4, -0.2) is 83.1 Å². The van der Waals surface area contributed by atoms with Crippen molar-refractivity contribution >= 4 is 55.7 Å². The molecule has 65 heavy (non-hydrogen) atoms. The molecule has 3 N–H and O–H groups in total. The maximum absolute atomic E-state index is 15.1. The highest BCUT2D eigenvalue weighted by atomic mass is 32.2. The molecule has 3 fully saturated rings. The van der Waals surface area contributed by atoms with Gasteiger partial charge in [-0.25, -0.2) is 22.8 Å². The van der Waals surface area contributed by atoms with Crippen molar-refractivity contribution in [2.75, 3.05) is 19.0 Å². The van der Waals surface area contributed by atoms with E-state index in [4.69, 9.17) is 19.4 Å². The van der Waals surface area contributed by atoms with Crippen LogP contribution in [-0.2, 0) is 30.6 Å². The molecule has 1 saturated heterocycles. The van der Waals surface area contributed by atoms with Crippen LogP contribution in [0.2, 0.25) is 0 Å². The number of pyridine rings is 1. The highest BCUT2D eigenvalue weighted by molar-refractivity contribution is 7.91. The molecule has 0 spiro atoms. The molecule has 2 aromatic carbocycles. The van der Waals surface area contributed by atoms with Gasteiger partial charge < -0.3 is 25.0 Å². The van der Waals surface area contributed by atoms with Crippen LogP contribution in [0.4, 0.5) is 23.2 Å². The summed E-state index contributed by atoms with van der Waals surface area (Å²) in [6, 6.07) is 4.73. The molecule has 3 aliphatic rings. The second-order valence-electron chi connectivity index (χ2n) is 18.6. The van der Waals surface area contributed by atoms with Gasteiger partial charge >= 0.3 is 6.18 Å². The summed E-state index contributed by atoms with van der Waals surface area (Å²) in [7, 11) is -2.51. The number of alkyl halides is 3. The van der Waals surface area contributed by atoms with Gasteiger partial charge in [-0.1, -0.05) is 48.0 Å². The van der Waals surface area contributed by atoms with E-state index in [1.165, 1.54) is 16.2 Å². The summed E-state index contributed by atoms with van der Waals surface area (Å²) < 4.78 is 96.2. The Labute approximate surface area is 380 Å². The van der Waals surface area contributed by atoms with E-state index in [1.54, 1.807) is 39.2 Å². The summed E-state index contributed by atoms with van der Waals surface area (Å²) in [5, 5.41) is 8.93. The standard InChI is InChI=1S/C46H56F4N6O7S2/c1-10-27-20-45(27,43(59)55-65(60,61)44(8)13-14-44)54-40(57)35-18-31(21-56(35)42(58)39(25(6)23(2)3)51-30-16-28(46(48,49)50)15-29(47)17-30)63-37-19-33(41-53-34(22-64-41)24(4)5)52-38-26(7)36(62-9)12-11-32(37)38/h11-12,15-17,19,22-25,27,31,35,39,51H,10,13-14,18,20-21H2,1-9H3,(H,54,57)(H,55,59). The average molecular weight is 945 g/mol. The Morgan fingerprint density at radius 2 is 1.74 bits per heavy atom. The van der Waals surface area contributed by atoms with Crippen molar-refractivity contribution in [3.8, 4) is 22.2 Å². The number of rotatable bonds is 16. The SMILES string of the molecule is CCC1CC1(NC(=O)C1CC(Oc2cc(-c3nc(C(C)C)cs3)nc3c(C)c(OC)ccc23)CN1C(=O)C(Nc1cc(F)cc(C(F)(F)F)c1)C(C)C(C)C)C(=O)NS(=O)(=O)C1(C)CC1. The molecule has 3 heterocycles. The minimum atomic E-state index is -4.88. The summed E-state index contributed by atoms with van der Waals surface area (Å²) in [5.41, 5.74) is -0.404. The minimum Gasteiger partial charge on any atom is -0.496 e. The van der Waals surface area contributed by atoms with Crippen LogP contribution in [0, 0.1) is 30.5 Å². The van der Waals surface area contributed by atoms with Crippen molar-refractivity contribution < 1.29 is 49.8 Å². The van der Waals surface area contributed by atoms with Gasteiger partial charge in [0.1, 0.15) is 51.7 Å². The van der Waals surface area contributed by atoms with Crippen molar-refractivity contribution in [2.24, 2.45) is 17.8 Å². The Morgan fingerprint density at radius 3 is 2.32 bits per heavy atom. The summed E-state index contributed by atoms with van der Waals surface area (Å²) >= 11 is 1.42. The van der Waals surface area contributed by atoms with Crippen molar-refractivity contribution in [1.29, 1.82) is 0 Å². The summed E-state index contributed by atoms with van der Waals surface area (Å²) in [5.74, 6) is -3.51. The topological polar surface area (TPSA) is 169 Å². The smallest absolute Gasteiger partial charge is 0.416 e. The molecule has 2 aromatic heterocycles. The first-order chi connectivity index (χ1) is 30.4. The van der Waals surface area contributed by atoms with Crippen molar-refractivity contribution in [3.63, 3.8) is 0 Å². The Bertz CT molecular complexity index is 2620. The van der Waals surface area contributed by atoms with Crippen LogP contribution in [0.3, 0.4) is 0 Å². The third kappa shape index (κ3) is 9.49. The van der Waals surface area contributed by atoms with Crippen molar-refractivity contribution in [1.82, 2.24) is 24.9 Å². The maximum atomic E-state index is 15.1. The van der Waals surface area contributed by atoms with Crippen molar-refractivity contribution in [2.45, 2.75) is 128 Å². The third-order valence-corrected chi connectivity index (χ3v) is 16.5. The molecule has 3 amide bonds. The number of methoxy groups -OCH3 is 1. The Kier molecular flexibility index (Phi) is 13.0. The number of nitrogens with zero attached hydrogens (tertiary/aromatic N) is 3. The lowest BCUT2D eigenvalue weighted by molar-refractivity contribution is -0.141. The molecule has 0 radical (unpaired) electrons. The molecule has 1 aliphatic heterocycles. The first-order valence-electron chi connectivity index (χ1n) is 21.9. The molecule has 2 saturated carbocycles. The highest BCUT2D eigenvalue weighted by Crippen LogP contribution is 2.48. The average Bonchev–Trinajstić information content (AvgIpc) is 4.02. The van der Waals surface area contributed by atoms with Gasteiger partial charge in [0.15, 0.2) is 0 Å². The highest BCUT2D eigenvalue weighted by Gasteiger charge is 2.63. The first kappa shape index (κ1) is 47.9. The summed E-state index contributed by atoms with van der Waals surface area (Å²) in [6.07, 6.45) is -4.46. The molecule has 6 unspecified atom stereocenters. The number of hydrogen-bond donors (Lipinski definition) is 3. The zero-order chi connectivity index (χ0) is 47.6. The number of amides is 3. The number of anilines is 1. The van der Waals surface area contributed by atoms with Gasteiger partial charge in [-0.05, 0) is 87.1 Å². The molecule has 7 rings (SSSR count). The van der Waals surface area contributed by atoms with Gasteiger partial charge in [-0.2, -0.15) is 13.2 Å². The molecule has 4 aromatic rings. The molecule has 0 bridgehead atoms. The van der Waals surface area contributed by atoms with E-state index in [0.717, 1.165) is 23.4 Å². The molecule has 6 atom stereocenters. The fourth-order valence-corrected chi connectivity index (χ4v) is 10.7. The Balaban J connectivity index is 1.27. The number of likely N-dealkylation sites (tertiary alicyclic amines) is 1. The minimum absolute atomic E-state index is 0.0908. The van der Waals surface area contributed by atoms with Crippen LogP contribution in [0.15, 0.2) is 41.8 Å². The van der Waals surface area contributed by atoms with Crippen LogP contribution in [0.5, 0.6) is 11.5 Å². The van der Waals surface area contributed by atoms with E-state index in [0.29, 0.717) is 58.4 Å². The van der Waals surface area contributed by atoms with E-state index in [2.05, 4.69) is 15.4 Å². The number of carbonyl (C=O) groups is 3.